The first kappa shape index (κ1) is 16.2. The van der Waals surface area contributed by atoms with Crippen LogP contribution in [0.25, 0.3) is 0 Å². The highest BCUT2D eigenvalue weighted by atomic mass is 16.2. The molecule has 4 heteroatoms. The molecule has 2 amide bonds. The second-order valence-corrected chi connectivity index (χ2v) is 5.23. The highest BCUT2D eigenvalue weighted by Gasteiger charge is 2.14. The first-order valence-corrected chi connectivity index (χ1v) is 7.10. The molecule has 0 aliphatic rings. The zero-order valence-electron chi connectivity index (χ0n) is 12.8. The molecule has 0 spiro atoms. The molecule has 0 heterocycles. The van der Waals surface area contributed by atoms with Gasteiger partial charge in [0, 0.05) is 19.2 Å². The molecule has 0 atom stereocenters. The Kier molecular flexibility index (Phi) is 6.22. The lowest BCUT2D eigenvalue weighted by Gasteiger charge is -2.20. The first-order valence-electron chi connectivity index (χ1n) is 7.10. The van der Waals surface area contributed by atoms with Gasteiger partial charge in [-0.05, 0) is 24.0 Å². The van der Waals surface area contributed by atoms with Crippen LogP contribution in [-0.2, 0) is 9.59 Å². The highest BCUT2D eigenvalue weighted by molar-refractivity contribution is 5.95. The number of anilines is 1. The minimum atomic E-state index is -0.151. The monoisotopic (exact) mass is 276 g/mol. The molecule has 0 unspecified atom stereocenters. The highest BCUT2D eigenvalue weighted by Crippen LogP contribution is 2.23. The summed E-state index contributed by atoms with van der Waals surface area (Å²) in [6.07, 6.45) is 0.843. The van der Waals surface area contributed by atoms with Crippen LogP contribution in [0.3, 0.4) is 0 Å². The fraction of sp³-hybridized carbons (Fsp3) is 0.500. The van der Waals surface area contributed by atoms with Crippen LogP contribution < -0.4 is 5.32 Å². The molecule has 1 aromatic rings. The van der Waals surface area contributed by atoms with E-state index in [1.165, 1.54) is 6.92 Å². The van der Waals surface area contributed by atoms with Crippen LogP contribution in [-0.4, -0.2) is 29.8 Å². The lowest BCUT2D eigenvalue weighted by molar-refractivity contribution is -0.132. The number of carbonyl (C=O) groups excluding carboxylic acids is 2. The van der Waals surface area contributed by atoms with E-state index in [9.17, 15) is 9.59 Å². The molecule has 0 bridgehead atoms. The Balaban J connectivity index is 2.73. The standard InChI is InChI=1S/C16H24N2O2/c1-5-10-18(13(4)19)11-16(20)17-15-9-7-6-8-14(15)12(2)3/h6-9,12H,5,10-11H2,1-4H3,(H,17,20). The summed E-state index contributed by atoms with van der Waals surface area (Å²) in [4.78, 5) is 25.1. The Morgan fingerprint density at radius 2 is 1.90 bits per heavy atom. The maximum atomic E-state index is 12.1. The Hall–Kier alpha value is -1.84. The molecule has 4 nitrogen and oxygen atoms in total. The minimum Gasteiger partial charge on any atom is -0.334 e. The smallest absolute Gasteiger partial charge is 0.244 e. The SMILES string of the molecule is CCCN(CC(=O)Nc1ccccc1C(C)C)C(C)=O. The van der Waals surface area contributed by atoms with Gasteiger partial charge in [-0.2, -0.15) is 0 Å². The molecule has 1 rings (SSSR count). The van der Waals surface area contributed by atoms with Crippen molar-refractivity contribution in [3.63, 3.8) is 0 Å². The fourth-order valence-corrected chi connectivity index (χ4v) is 2.10. The van der Waals surface area contributed by atoms with E-state index in [0.717, 1.165) is 17.7 Å². The average molecular weight is 276 g/mol. The zero-order chi connectivity index (χ0) is 15.1. The number of hydrogen-bond acceptors (Lipinski definition) is 2. The van der Waals surface area contributed by atoms with Crippen LogP contribution >= 0.6 is 0 Å². The number of nitrogens with one attached hydrogen (secondary N) is 1. The number of nitrogens with zero attached hydrogens (tertiary/aromatic N) is 1. The third kappa shape index (κ3) is 4.68. The summed E-state index contributed by atoms with van der Waals surface area (Å²) >= 11 is 0. The van der Waals surface area contributed by atoms with Crippen LogP contribution in [0, 0.1) is 0 Å². The Morgan fingerprint density at radius 3 is 2.45 bits per heavy atom. The van der Waals surface area contributed by atoms with Crippen molar-refractivity contribution in [3.05, 3.63) is 29.8 Å². The predicted octanol–water partition coefficient (Wildman–Crippen LogP) is 3.01. The Labute approximate surface area is 121 Å². The van der Waals surface area contributed by atoms with Gasteiger partial charge in [0.15, 0.2) is 0 Å². The summed E-state index contributed by atoms with van der Waals surface area (Å²) in [6, 6.07) is 7.76. The largest absolute Gasteiger partial charge is 0.334 e. The van der Waals surface area contributed by atoms with Crippen molar-refractivity contribution in [2.75, 3.05) is 18.4 Å². The molecule has 0 radical (unpaired) electrons. The fourth-order valence-electron chi connectivity index (χ4n) is 2.10. The third-order valence-corrected chi connectivity index (χ3v) is 3.13. The van der Waals surface area contributed by atoms with E-state index in [-0.39, 0.29) is 18.4 Å². The van der Waals surface area contributed by atoms with Crippen LogP contribution in [0.5, 0.6) is 0 Å². The molecular formula is C16H24N2O2. The van der Waals surface area contributed by atoms with Gasteiger partial charge in [-0.1, -0.05) is 39.0 Å². The average Bonchev–Trinajstić information content (AvgIpc) is 2.38. The third-order valence-electron chi connectivity index (χ3n) is 3.13. The van der Waals surface area contributed by atoms with Crippen molar-refractivity contribution >= 4 is 17.5 Å². The summed E-state index contributed by atoms with van der Waals surface area (Å²) in [6.45, 7) is 8.37. The number of para-hydroxylation sites is 1. The van der Waals surface area contributed by atoms with Gasteiger partial charge in [0.05, 0.1) is 6.54 Å². The van der Waals surface area contributed by atoms with Crippen LogP contribution in [0.15, 0.2) is 24.3 Å². The second kappa shape index (κ2) is 7.68. The quantitative estimate of drug-likeness (QED) is 0.868. The summed E-state index contributed by atoms with van der Waals surface area (Å²) in [5, 5.41) is 2.90. The van der Waals surface area contributed by atoms with Gasteiger partial charge in [0.25, 0.3) is 0 Å². The predicted molar refractivity (Wildman–Crippen MR) is 81.7 cm³/mol. The summed E-state index contributed by atoms with van der Waals surface area (Å²) in [5.41, 5.74) is 1.93. The normalized spacial score (nSPS) is 10.4. The number of rotatable bonds is 6. The molecule has 20 heavy (non-hydrogen) atoms. The molecular weight excluding hydrogens is 252 g/mol. The van der Waals surface area contributed by atoms with Gasteiger partial charge >= 0.3 is 0 Å². The summed E-state index contributed by atoms with van der Waals surface area (Å²) < 4.78 is 0. The van der Waals surface area contributed by atoms with Crippen molar-refractivity contribution in [3.8, 4) is 0 Å². The van der Waals surface area contributed by atoms with E-state index in [2.05, 4.69) is 19.2 Å². The van der Waals surface area contributed by atoms with Crippen molar-refractivity contribution in [1.29, 1.82) is 0 Å². The Bertz CT molecular complexity index is 469. The van der Waals surface area contributed by atoms with E-state index in [4.69, 9.17) is 0 Å². The topological polar surface area (TPSA) is 49.4 Å². The number of hydrogen-bond donors (Lipinski definition) is 1. The Morgan fingerprint density at radius 1 is 1.25 bits per heavy atom. The molecule has 0 fully saturated rings. The van der Waals surface area contributed by atoms with Crippen LogP contribution in [0.1, 0.15) is 45.6 Å². The second-order valence-electron chi connectivity index (χ2n) is 5.23. The van der Waals surface area contributed by atoms with E-state index in [1.54, 1.807) is 4.90 Å². The van der Waals surface area contributed by atoms with E-state index in [0.29, 0.717) is 12.5 Å². The van der Waals surface area contributed by atoms with Gasteiger partial charge in [-0.15, -0.1) is 0 Å². The molecule has 1 N–H and O–H groups in total. The number of amides is 2. The molecule has 0 saturated heterocycles. The lowest BCUT2D eigenvalue weighted by atomic mass is 10.0. The first-order chi connectivity index (χ1) is 9.45. The van der Waals surface area contributed by atoms with Gasteiger partial charge in [0.2, 0.25) is 11.8 Å². The maximum absolute atomic E-state index is 12.1. The van der Waals surface area contributed by atoms with E-state index < -0.39 is 0 Å². The van der Waals surface area contributed by atoms with Crippen molar-refractivity contribution < 1.29 is 9.59 Å². The van der Waals surface area contributed by atoms with E-state index >= 15 is 0 Å². The van der Waals surface area contributed by atoms with Gasteiger partial charge in [0.1, 0.15) is 0 Å². The molecule has 0 aliphatic carbocycles. The molecule has 0 saturated carbocycles. The molecule has 110 valence electrons. The van der Waals surface area contributed by atoms with Crippen molar-refractivity contribution in [2.45, 2.75) is 40.0 Å². The van der Waals surface area contributed by atoms with Crippen LogP contribution in [0.2, 0.25) is 0 Å². The minimum absolute atomic E-state index is 0.0702. The molecule has 0 aliphatic heterocycles. The van der Waals surface area contributed by atoms with Crippen molar-refractivity contribution in [2.24, 2.45) is 0 Å². The number of carbonyl (C=O) groups is 2. The van der Waals surface area contributed by atoms with Crippen LogP contribution in [0.4, 0.5) is 5.69 Å². The zero-order valence-corrected chi connectivity index (χ0v) is 12.8. The molecule has 0 aromatic heterocycles. The van der Waals surface area contributed by atoms with Gasteiger partial charge in [-0.25, -0.2) is 0 Å². The summed E-state index contributed by atoms with van der Waals surface area (Å²) in [7, 11) is 0. The van der Waals surface area contributed by atoms with Gasteiger partial charge in [-0.3, -0.25) is 9.59 Å². The number of benzene rings is 1. The summed E-state index contributed by atoms with van der Waals surface area (Å²) in [5.74, 6) is 0.118. The van der Waals surface area contributed by atoms with E-state index in [1.807, 2.05) is 31.2 Å². The van der Waals surface area contributed by atoms with Gasteiger partial charge < -0.3 is 10.2 Å². The maximum Gasteiger partial charge on any atom is 0.244 e. The lowest BCUT2D eigenvalue weighted by Crippen LogP contribution is -2.37. The van der Waals surface area contributed by atoms with Crippen molar-refractivity contribution in [1.82, 2.24) is 4.90 Å². The molecule has 1 aromatic carbocycles.